The first-order valence-corrected chi connectivity index (χ1v) is 13.5. The van der Waals surface area contributed by atoms with Crippen LogP contribution in [0.15, 0.2) is 36.7 Å². The summed E-state index contributed by atoms with van der Waals surface area (Å²) in [6.07, 6.45) is 3.67. The lowest BCUT2D eigenvalue weighted by molar-refractivity contribution is -0.123. The van der Waals surface area contributed by atoms with Gasteiger partial charge in [0, 0.05) is 48.6 Å². The summed E-state index contributed by atoms with van der Waals surface area (Å²) in [7, 11) is 0. The monoisotopic (exact) mass is 539 g/mol. The van der Waals surface area contributed by atoms with Crippen molar-refractivity contribution >= 4 is 23.3 Å². The van der Waals surface area contributed by atoms with Gasteiger partial charge in [-0.25, -0.2) is 0 Å². The molecule has 0 unspecified atom stereocenters. The van der Waals surface area contributed by atoms with E-state index in [0.29, 0.717) is 29.8 Å². The summed E-state index contributed by atoms with van der Waals surface area (Å²) in [5, 5.41) is 2.90. The van der Waals surface area contributed by atoms with Crippen molar-refractivity contribution in [2.45, 2.75) is 60.4 Å². The van der Waals surface area contributed by atoms with E-state index in [2.05, 4.69) is 15.3 Å². The van der Waals surface area contributed by atoms with Crippen LogP contribution in [0.4, 0.5) is 0 Å². The summed E-state index contributed by atoms with van der Waals surface area (Å²) < 4.78 is 11.3. The van der Waals surface area contributed by atoms with E-state index in [1.54, 1.807) is 30.5 Å². The zero-order valence-corrected chi connectivity index (χ0v) is 23.9. The van der Waals surface area contributed by atoms with Crippen LogP contribution in [0.2, 0.25) is 0 Å². The van der Waals surface area contributed by atoms with E-state index in [-0.39, 0.29) is 67.4 Å². The number of nitrogens with one attached hydrogen (secondary N) is 1. The zero-order valence-electron chi connectivity index (χ0n) is 23.9. The van der Waals surface area contributed by atoms with Crippen LogP contribution < -0.4 is 5.32 Å². The second-order valence-electron chi connectivity index (χ2n) is 10.4. The van der Waals surface area contributed by atoms with E-state index in [1.165, 1.54) is 6.20 Å². The maximum absolute atomic E-state index is 12.9. The Kier molecular flexibility index (Phi) is 13.1. The zero-order chi connectivity index (χ0) is 28.9. The highest BCUT2D eigenvalue weighted by molar-refractivity contribution is 5.96. The van der Waals surface area contributed by atoms with E-state index in [9.17, 15) is 19.2 Å². The normalized spacial score (nSPS) is 11.4. The predicted octanol–water partition coefficient (Wildman–Crippen LogP) is 4.34. The Bertz CT molecular complexity index is 1070. The van der Waals surface area contributed by atoms with E-state index in [1.807, 2.05) is 41.5 Å². The van der Waals surface area contributed by atoms with E-state index >= 15 is 0 Å². The van der Waals surface area contributed by atoms with Gasteiger partial charge in [0.15, 0.2) is 5.78 Å². The predicted molar refractivity (Wildman–Crippen MR) is 148 cm³/mol. The fourth-order valence-electron chi connectivity index (χ4n) is 3.46. The van der Waals surface area contributed by atoms with Crippen LogP contribution in [-0.4, -0.2) is 65.7 Å². The summed E-state index contributed by atoms with van der Waals surface area (Å²) in [4.78, 5) is 57.4. The lowest BCUT2D eigenvalue weighted by Crippen LogP contribution is -2.42. The minimum atomic E-state index is -0.476. The summed E-state index contributed by atoms with van der Waals surface area (Å²) in [6, 6.07) is 6.35. The van der Waals surface area contributed by atoms with Gasteiger partial charge in [-0.15, -0.1) is 0 Å². The molecule has 0 aliphatic heterocycles. The first-order chi connectivity index (χ1) is 18.5. The van der Waals surface area contributed by atoms with Gasteiger partial charge in [-0.05, 0) is 24.3 Å². The summed E-state index contributed by atoms with van der Waals surface area (Å²) in [6.45, 7) is 11.9. The SMILES string of the molecule is CC(C)C(=O)CCOCC(COCCC(=O)C(C)C)NC(=O)c1ccc(-c2ccc(C(=O)C(C)C)nc2)nc1. The molecule has 1 amide bonds. The molecule has 212 valence electrons. The molecular formula is C30H41N3O6. The molecule has 0 saturated carbocycles. The summed E-state index contributed by atoms with van der Waals surface area (Å²) in [5.41, 5.74) is 2.11. The molecule has 0 spiro atoms. The topological polar surface area (TPSA) is 125 Å². The van der Waals surface area contributed by atoms with Crippen LogP contribution in [0.5, 0.6) is 0 Å². The van der Waals surface area contributed by atoms with Crippen LogP contribution >= 0.6 is 0 Å². The van der Waals surface area contributed by atoms with Crippen LogP contribution in [0.3, 0.4) is 0 Å². The van der Waals surface area contributed by atoms with Crippen molar-refractivity contribution in [2.24, 2.45) is 17.8 Å². The number of hydrogen-bond donors (Lipinski definition) is 1. The van der Waals surface area contributed by atoms with Crippen molar-refractivity contribution in [1.29, 1.82) is 0 Å². The van der Waals surface area contributed by atoms with Gasteiger partial charge in [-0.1, -0.05) is 41.5 Å². The Balaban J connectivity index is 1.99. The number of amides is 1. The molecule has 39 heavy (non-hydrogen) atoms. The van der Waals surface area contributed by atoms with Gasteiger partial charge in [0.25, 0.3) is 5.91 Å². The first-order valence-electron chi connectivity index (χ1n) is 13.5. The van der Waals surface area contributed by atoms with Gasteiger partial charge >= 0.3 is 0 Å². The van der Waals surface area contributed by atoms with E-state index in [4.69, 9.17) is 9.47 Å². The standard InChI is InChI=1S/C30H41N3O6/c1-19(2)27(34)11-13-38-17-24(18-39-14-12-28(35)20(3)4)33-30(37)23-8-9-25(31-16-23)22-7-10-26(32-15-22)29(36)21(5)6/h7-10,15-16,19-21,24H,11-14,17-18H2,1-6H3,(H,33,37). The quantitative estimate of drug-likeness (QED) is 0.232. The molecule has 0 aliphatic carbocycles. The lowest BCUT2D eigenvalue weighted by atomic mass is 10.0. The Morgan fingerprint density at radius 3 is 1.77 bits per heavy atom. The average Bonchev–Trinajstić information content (AvgIpc) is 2.92. The molecule has 9 nitrogen and oxygen atoms in total. The van der Waals surface area contributed by atoms with Gasteiger partial charge in [-0.3, -0.25) is 29.1 Å². The van der Waals surface area contributed by atoms with E-state index in [0.717, 1.165) is 5.56 Å². The summed E-state index contributed by atoms with van der Waals surface area (Å²) >= 11 is 0. The number of nitrogens with zero attached hydrogens (tertiary/aromatic N) is 2. The van der Waals surface area contributed by atoms with Gasteiger partial charge in [0.05, 0.1) is 43.7 Å². The highest BCUT2D eigenvalue weighted by Gasteiger charge is 2.17. The molecule has 2 aromatic rings. The van der Waals surface area contributed by atoms with Crippen molar-refractivity contribution in [3.63, 3.8) is 0 Å². The van der Waals surface area contributed by atoms with Gasteiger partial charge < -0.3 is 14.8 Å². The number of rotatable bonds is 17. The number of hydrogen-bond acceptors (Lipinski definition) is 8. The molecule has 0 saturated heterocycles. The maximum Gasteiger partial charge on any atom is 0.253 e. The fourth-order valence-corrected chi connectivity index (χ4v) is 3.46. The third-order valence-electron chi connectivity index (χ3n) is 6.11. The molecule has 0 aromatic carbocycles. The Morgan fingerprint density at radius 1 is 0.744 bits per heavy atom. The van der Waals surface area contributed by atoms with Crippen LogP contribution in [-0.2, 0) is 19.1 Å². The molecular weight excluding hydrogens is 498 g/mol. The Labute approximate surface area is 231 Å². The van der Waals surface area contributed by atoms with Gasteiger partial charge in [-0.2, -0.15) is 0 Å². The second kappa shape index (κ2) is 16.0. The molecule has 9 heteroatoms. The highest BCUT2D eigenvalue weighted by atomic mass is 16.5. The molecule has 1 N–H and O–H groups in total. The minimum absolute atomic E-state index is 0.0258. The largest absolute Gasteiger partial charge is 0.379 e. The molecule has 0 bridgehead atoms. The number of carbonyl (C=O) groups is 4. The highest BCUT2D eigenvalue weighted by Crippen LogP contribution is 2.17. The first kappa shape index (κ1) is 31.9. The molecule has 0 atom stereocenters. The molecule has 2 rings (SSSR count). The molecule has 0 radical (unpaired) electrons. The van der Waals surface area contributed by atoms with Gasteiger partial charge in [0.1, 0.15) is 17.3 Å². The van der Waals surface area contributed by atoms with Gasteiger partial charge in [0.2, 0.25) is 0 Å². The molecule has 2 aromatic heterocycles. The number of ether oxygens (including phenoxy) is 2. The van der Waals surface area contributed by atoms with Crippen molar-refractivity contribution in [3.05, 3.63) is 47.9 Å². The molecule has 0 aliphatic rings. The number of pyridine rings is 2. The third kappa shape index (κ3) is 10.8. The Hall–Kier alpha value is -3.30. The molecule has 0 fully saturated rings. The fraction of sp³-hybridized carbons (Fsp3) is 0.533. The number of Topliss-reactive ketones (excluding diaryl/α,β-unsaturated/α-hetero) is 3. The third-order valence-corrected chi connectivity index (χ3v) is 6.11. The number of aromatic nitrogens is 2. The lowest BCUT2D eigenvalue weighted by Gasteiger charge is -2.19. The van der Waals surface area contributed by atoms with Crippen molar-refractivity contribution in [2.75, 3.05) is 26.4 Å². The van der Waals surface area contributed by atoms with Crippen molar-refractivity contribution in [1.82, 2.24) is 15.3 Å². The maximum atomic E-state index is 12.9. The van der Waals surface area contributed by atoms with E-state index < -0.39 is 6.04 Å². The van der Waals surface area contributed by atoms with Crippen LogP contribution in [0, 0.1) is 17.8 Å². The van der Waals surface area contributed by atoms with Crippen LogP contribution in [0.1, 0.15) is 75.2 Å². The Morgan fingerprint density at radius 2 is 1.33 bits per heavy atom. The number of carbonyl (C=O) groups excluding carboxylic acids is 4. The average molecular weight is 540 g/mol. The smallest absolute Gasteiger partial charge is 0.253 e. The number of ketones is 3. The van der Waals surface area contributed by atoms with Crippen molar-refractivity contribution < 1.29 is 28.7 Å². The molecule has 2 heterocycles. The summed E-state index contributed by atoms with van der Waals surface area (Å²) in [5.74, 6) is -0.400. The van der Waals surface area contributed by atoms with Crippen molar-refractivity contribution in [3.8, 4) is 11.3 Å². The minimum Gasteiger partial charge on any atom is -0.379 e. The van der Waals surface area contributed by atoms with Crippen LogP contribution in [0.25, 0.3) is 11.3 Å². The second-order valence-corrected chi connectivity index (χ2v) is 10.4.